The van der Waals surface area contributed by atoms with Crippen molar-refractivity contribution in [1.82, 2.24) is 4.90 Å². The van der Waals surface area contributed by atoms with E-state index in [-0.39, 0.29) is 12.4 Å². The molecule has 12 heavy (non-hydrogen) atoms. The van der Waals surface area contributed by atoms with Crippen molar-refractivity contribution in [2.75, 3.05) is 7.05 Å². The van der Waals surface area contributed by atoms with Gasteiger partial charge >= 0.3 is 80.0 Å². The van der Waals surface area contributed by atoms with Crippen molar-refractivity contribution in [3.05, 3.63) is 0 Å². The molecule has 1 nitrogen and oxygen atoms in total. The Labute approximate surface area is 92.4 Å². The summed E-state index contributed by atoms with van der Waals surface area (Å²) in [6, 6.07) is 0. The van der Waals surface area contributed by atoms with Crippen LogP contribution in [0.5, 0.6) is 0 Å². The van der Waals surface area contributed by atoms with Crippen LogP contribution in [0, 0.1) is 5.92 Å². The summed E-state index contributed by atoms with van der Waals surface area (Å²) in [5.41, 5.74) is 0.432. The van der Waals surface area contributed by atoms with E-state index in [1.54, 1.807) is 0 Å². The third-order valence-corrected chi connectivity index (χ3v) is 5.60. The quantitative estimate of drug-likeness (QED) is 0.589. The molecule has 0 amide bonds. The molecule has 0 aromatic rings. The molecule has 0 N–H and O–H groups in total. The summed E-state index contributed by atoms with van der Waals surface area (Å²) in [6.45, 7) is 7.13. The van der Waals surface area contributed by atoms with Gasteiger partial charge in [0.25, 0.3) is 0 Å². The summed E-state index contributed by atoms with van der Waals surface area (Å²) in [5.74, 6) is 0.857. The van der Waals surface area contributed by atoms with Crippen molar-refractivity contribution in [3.63, 3.8) is 0 Å². The van der Waals surface area contributed by atoms with Gasteiger partial charge in [0.05, 0.1) is 0 Å². The van der Waals surface area contributed by atoms with E-state index in [1.807, 2.05) is 0 Å². The Morgan fingerprint density at radius 2 is 1.83 bits per heavy atom. The van der Waals surface area contributed by atoms with Crippen molar-refractivity contribution in [3.8, 4) is 0 Å². The first-order valence-electron chi connectivity index (χ1n) is 4.52. The summed E-state index contributed by atoms with van der Waals surface area (Å²) < 4.78 is 0.890. The maximum absolute atomic E-state index is 2.57. The molecular formula is C9H19ClNZn. The topological polar surface area (TPSA) is 3.24 Å². The van der Waals surface area contributed by atoms with Crippen LogP contribution in [0.15, 0.2) is 0 Å². The zero-order valence-corrected chi connectivity index (χ0v) is 12.4. The molecule has 2 unspecified atom stereocenters. The second-order valence-electron chi connectivity index (χ2n) is 4.40. The SMILES string of the molecule is CC1CC[CH]([Zn])N(C)C1(C)C.Cl. The predicted molar refractivity (Wildman–Crippen MR) is 51.3 cm³/mol. The van der Waals surface area contributed by atoms with E-state index in [9.17, 15) is 0 Å². The van der Waals surface area contributed by atoms with E-state index < -0.39 is 0 Å². The van der Waals surface area contributed by atoms with Crippen LogP contribution in [0.1, 0.15) is 33.6 Å². The van der Waals surface area contributed by atoms with Crippen LogP contribution in [0.3, 0.4) is 0 Å². The van der Waals surface area contributed by atoms with Gasteiger partial charge in [-0.25, -0.2) is 0 Å². The largest absolute Gasteiger partial charge is 0.147 e. The van der Waals surface area contributed by atoms with Crippen molar-refractivity contribution in [1.29, 1.82) is 0 Å². The molecule has 0 aromatic heterocycles. The van der Waals surface area contributed by atoms with Crippen LogP contribution in [0.4, 0.5) is 0 Å². The molecule has 1 saturated heterocycles. The average Bonchev–Trinajstić information content (AvgIpc) is 1.95. The average molecular weight is 242 g/mol. The summed E-state index contributed by atoms with van der Waals surface area (Å²) in [6.07, 6.45) is 2.84. The Morgan fingerprint density at radius 1 is 1.33 bits per heavy atom. The second kappa shape index (κ2) is 4.39. The van der Waals surface area contributed by atoms with Gasteiger partial charge in [-0.1, -0.05) is 0 Å². The number of hydrogen-bond donors (Lipinski definition) is 0. The van der Waals surface area contributed by atoms with Gasteiger partial charge in [0, 0.05) is 0 Å². The van der Waals surface area contributed by atoms with Crippen LogP contribution in [-0.2, 0) is 18.3 Å². The summed E-state index contributed by atoms with van der Waals surface area (Å²) >= 11 is 1.42. The van der Waals surface area contributed by atoms with Crippen molar-refractivity contribution in [2.24, 2.45) is 5.92 Å². The van der Waals surface area contributed by atoms with Gasteiger partial charge in [0.1, 0.15) is 0 Å². The molecule has 0 radical (unpaired) electrons. The molecule has 0 bridgehead atoms. The number of piperidine rings is 1. The van der Waals surface area contributed by atoms with Crippen molar-refractivity contribution >= 4 is 12.4 Å². The van der Waals surface area contributed by atoms with E-state index in [4.69, 9.17) is 0 Å². The standard InChI is InChI=1S/C9H18N.ClH.Zn/c1-8-6-5-7-10(4)9(8,2)3;;/h7-8H,5-6H2,1-4H3;1H;. The van der Waals surface area contributed by atoms with Crippen LogP contribution < -0.4 is 0 Å². The molecular weight excluding hydrogens is 223 g/mol. The minimum atomic E-state index is 0. The number of likely N-dealkylation sites (tertiary alicyclic amines) is 1. The molecule has 1 fully saturated rings. The van der Waals surface area contributed by atoms with Gasteiger partial charge in [-0.2, -0.15) is 0 Å². The molecule has 1 rings (SSSR count). The van der Waals surface area contributed by atoms with Crippen LogP contribution in [-0.4, -0.2) is 22.1 Å². The molecule has 1 aliphatic rings. The van der Waals surface area contributed by atoms with Gasteiger partial charge in [-0.15, -0.1) is 12.4 Å². The van der Waals surface area contributed by atoms with Gasteiger partial charge in [0.15, 0.2) is 0 Å². The fraction of sp³-hybridized carbons (Fsp3) is 1.00. The van der Waals surface area contributed by atoms with Gasteiger partial charge in [-0.05, 0) is 0 Å². The van der Waals surface area contributed by atoms with E-state index in [2.05, 4.69) is 32.7 Å². The molecule has 2 atom stereocenters. The molecule has 3 heteroatoms. The fourth-order valence-electron chi connectivity index (χ4n) is 1.81. The zero-order chi connectivity index (χ0) is 8.65. The minimum absolute atomic E-state index is 0. The molecule has 0 aromatic carbocycles. The Morgan fingerprint density at radius 3 is 2.25 bits per heavy atom. The van der Waals surface area contributed by atoms with E-state index in [1.165, 1.54) is 31.1 Å². The maximum atomic E-state index is 2.57. The fourth-order valence-corrected chi connectivity index (χ4v) is 3.29. The second-order valence-corrected chi connectivity index (χ2v) is 6.37. The number of rotatable bonds is 0. The normalized spacial score (nSPS) is 35.8. The Kier molecular flexibility index (Phi) is 4.71. The maximum Gasteiger partial charge on any atom is -0.147 e. The third kappa shape index (κ3) is 2.22. The third-order valence-electron chi connectivity index (χ3n) is 3.60. The van der Waals surface area contributed by atoms with Crippen LogP contribution in [0.2, 0.25) is 0 Å². The molecule has 1 heterocycles. The summed E-state index contributed by atoms with van der Waals surface area (Å²) in [7, 11) is 2.28. The molecule has 0 aliphatic carbocycles. The van der Waals surface area contributed by atoms with Gasteiger partial charge in [0.2, 0.25) is 0 Å². The smallest absolute Gasteiger partial charge is 0.147 e. The Bertz CT molecular complexity index is 149. The van der Waals surface area contributed by atoms with E-state index in [0.29, 0.717) is 5.54 Å². The van der Waals surface area contributed by atoms with Crippen molar-refractivity contribution in [2.45, 2.75) is 43.8 Å². The molecule has 69 valence electrons. The predicted octanol–water partition coefficient (Wildman–Crippen LogP) is 2.42. The van der Waals surface area contributed by atoms with Crippen LogP contribution in [0.25, 0.3) is 0 Å². The summed E-state index contributed by atoms with van der Waals surface area (Å²) in [5, 5.41) is 0. The van der Waals surface area contributed by atoms with E-state index in [0.717, 1.165) is 10.6 Å². The first kappa shape index (κ1) is 12.9. The minimum Gasteiger partial charge on any atom is -0.147 e. The zero-order valence-electron chi connectivity index (χ0n) is 8.63. The number of halogens is 1. The summed E-state index contributed by atoms with van der Waals surface area (Å²) in [4.78, 5) is 2.57. The van der Waals surface area contributed by atoms with Crippen LogP contribution >= 0.6 is 12.4 Å². The number of hydrogen-bond acceptors (Lipinski definition) is 1. The molecule has 0 saturated carbocycles. The van der Waals surface area contributed by atoms with E-state index >= 15 is 0 Å². The molecule has 0 spiro atoms. The van der Waals surface area contributed by atoms with Gasteiger partial charge < -0.3 is 0 Å². The Hall–Kier alpha value is 0.873. The first-order valence-corrected chi connectivity index (χ1v) is 6.23. The Balaban J connectivity index is 0.00000121. The number of nitrogens with zero attached hydrogens (tertiary/aromatic N) is 1. The monoisotopic (exact) mass is 240 g/mol. The first-order chi connectivity index (χ1) is 4.96. The molecule has 1 aliphatic heterocycles. The van der Waals surface area contributed by atoms with Gasteiger partial charge in [-0.3, -0.25) is 0 Å². The van der Waals surface area contributed by atoms with Crippen molar-refractivity contribution < 1.29 is 18.3 Å².